The lowest BCUT2D eigenvalue weighted by Gasteiger charge is -2.23. The van der Waals surface area contributed by atoms with Crippen molar-refractivity contribution in [2.24, 2.45) is 0 Å². The van der Waals surface area contributed by atoms with Gasteiger partial charge in [-0.25, -0.2) is 10.3 Å². The average Bonchev–Trinajstić information content (AvgIpc) is 2.30. The van der Waals surface area contributed by atoms with Gasteiger partial charge in [0.15, 0.2) is 6.23 Å². The highest BCUT2D eigenvalue weighted by molar-refractivity contribution is 5.77. The van der Waals surface area contributed by atoms with Crippen molar-refractivity contribution < 1.29 is 14.6 Å². The SMILES string of the molecule is O=C1CN[C@H](c2ccc([N+](=O)[O-])cc2)ON1. The summed E-state index contributed by atoms with van der Waals surface area (Å²) in [6, 6.07) is 5.92. The van der Waals surface area contributed by atoms with Gasteiger partial charge >= 0.3 is 0 Å². The molecule has 1 aliphatic rings. The number of hydrogen-bond donors (Lipinski definition) is 2. The predicted molar refractivity (Wildman–Crippen MR) is 53.1 cm³/mol. The maximum atomic E-state index is 10.8. The number of carbonyl (C=O) groups excluding carboxylic acids is 1. The van der Waals surface area contributed by atoms with Crippen LogP contribution in [-0.2, 0) is 9.63 Å². The lowest BCUT2D eigenvalue weighted by Crippen LogP contribution is -2.45. The van der Waals surface area contributed by atoms with Crippen molar-refractivity contribution in [1.82, 2.24) is 10.8 Å². The molecule has 1 atom stereocenters. The zero-order valence-electron chi connectivity index (χ0n) is 8.17. The Morgan fingerprint density at radius 2 is 2.06 bits per heavy atom. The second-order valence-electron chi connectivity index (χ2n) is 3.25. The smallest absolute Gasteiger partial charge is 0.269 e. The Balaban J connectivity index is 2.10. The minimum Gasteiger partial charge on any atom is -0.277 e. The lowest BCUT2D eigenvalue weighted by atomic mass is 10.2. The number of hydrogen-bond acceptors (Lipinski definition) is 5. The number of rotatable bonds is 2. The maximum Gasteiger partial charge on any atom is 0.269 e. The summed E-state index contributed by atoms with van der Waals surface area (Å²) in [7, 11) is 0. The van der Waals surface area contributed by atoms with E-state index in [1.54, 1.807) is 12.1 Å². The fourth-order valence-corrected chi connectivity index (χ4v) is 1.34. The molecule has 7 heteroatoms. The van der Waals surface area contributed by atoms with Crippen LogP contribution >= 0.6 is 0 Å². The number of amides is 1. The molecule has 1 saturated heterocycles. The number of nitrogens with one attached hydrogen (secondary N) is 2. The van der Waals surface area contributed by atoms with Crippen LogP contribution in [0.25, 0.3) is 0 Å². The van der Waals surface area contributed by atoms with Gasteiger partial charge in [-0.2, -0.15) is 0 Å². The van der Waals surface area contributed by atoms with Crippen molar-refractivity contribution in [1.29, 1.82) is 0 Å². The average molecular weight is 223 g/mol. The van der Waals surface area contributed by atoms with Crippen LogP contribution in [0.1, 0.15) is 11.8 Å². The molecular formula is C9H9N3O4. The summed E-state index contributed by atoms with van der Waals surface area (Å²) in [6.45, 7) is 0.154. The summed E-state index contributed by atoms with van der Waals surface area (Å²) >= 11 is 0. The summed E-state index contributed by atoms with van der Waals surface area (Å²) in [5.74, 6) is -0.252. The highest BCUT2D eigenvalue weighted by Crippen LogP contribution is 2.18. The summed E-state index contributed by atoms with van der Waals surface area (Å²) in [6.07, 6.45) is -0.474. The van der Waals surface area contributed by atoms with Crippen molar-refractivity contribution in [3.8, 4) is 0 Å². The monoisotopic (exact) mass is 223 g/mol. The van der Waals surface area contributed by atoms with Crippen LogP contribution in [0.4, 0.5) is 5.69 Å². The van der Waals surface area contributed by atoms with E-state index in [0.29, 0.717) is 5.56 Å². The molecule has 0 bridgehead atoms. The number of nitro benzene ring substituents is 1. The molecule has 0 unspecified atom stereocenters. The second-order valence-corrected chi connectivity index (χ2v) is 3.25. The minimum atomic E-state index is -0.474. The van der Waals surface area contributed by atoms with Crippen LogP contribution in [0.3, 0.4) is 0 Å². The minimum absolute atomic E-state index is 0.0172. The summed E-state index contributed by atoms with van der Waals surface area (Å²) in [5, 5.41) is 13.3. The zero-order valence-corrected chi connectivity index (χ0v) is 8.17. The van der Waals surface area contributed by atoms with Crippen molar-refractivity contribution >= 4 is 11.6 Å². The number of nitrogens with zero attached hydrogens (tertiary/aromatic N) is 1. The van der Waals surface area contributed by atoms with Gasteiger partial charge in [-0.05, 0) is 17.7 Å². The van der Waals surface area contributed by atoms with Gasteiger partial charge in [0.25, 0.3) is 11.6 Å². The normalized spacial score (nSPS) is 20.2. The van der Waals surface area contributed by atoms with Crippen molar-refractivity contribution in [3.63, 3.8) is 0 Å². The van der Waals surface area contributed by atoms with Gasteiger partial charge in [-0.1, -0.05) is 0 Å². The summed E-state index contributed by atoms with van der Waals surface area (Å²) < 4.78 is 0. The largest absolute Gasteiger partial charge is 0.277 e. The topological polar surface area (TPSA) is 93.5 Å². The molecule has 2 rings (SSSR count). The third kappa shape index (κ3) is 2.15. The third-order valence-corrected chi connectivity index (χ3v) is 2.15. The Morgan fingerprint density at radius 3 is 2.56 bits per heavy atom. The van der Waals surface area contributed by atoms with Gasteiger partial charge in [-0.15, -0.1) is 0 Å². The van der Waals surface area contributed by atoms with E-state index < -0.39 is 11.2 Å². The Morgan fingerprint density at radius 1 is 1.38 bits per heavy atom. The van der Waals surface area contributed by atoms with Crippen LogP contribution in [0.15, 0.2) is 24.3 Å². The van der Waals surface area contributed by atoms with Crippen molar-refractivity contribution in [2.45, 2.75) is 6.23 Å². The van der Waals surface area contributed by atoms with E-state index in [1.165, 1.54) is 12.1 Å². The first-order valence-electron chi connectivity index (χ1n) is 4.59. The van der Waals surface area contributed by atoms with E-state index in [9.17, 15) is 14.9 Å². The Kier molecular flexibility index (Phi) is 2.80. The lowest BCUT2D eigenvalue weighted by molar-refractivity contribution is -0.384. The highest BCUT2D eigenvalue weighted by Gasteiger charge is 2.20. The fourth-order valence-electron chi connectivity index (χ4n) is 1.34. The maximum absolute atomic E-state index is 10.8. The third-order valence-electron chi connectivity index (χ3n) is 2.15. The van der Waals surface area contributed by atoms with Gasteiger partial charge in [0.05, 0.1) is 11.5 Å². The standard InChI is InChI=1S/C9H9N3O4/c13-8-5-10-9(16-11-8)6-1-3-7(4-2-6)12(14)15/h1-4,9-10H,5H2,(H,11,13)/t9-/m0/s1. The molecule has 16 heavy (non-hydrogen) atoms. The highest BCUT2D eigenvalue weighted by atomic mass is 16.7. The molecule has 7 nitrogen and oxygen atoms in total. The number of hydroxylamine groups is 1. The van der Waals surface area contributed by atoms with E-state index in [1.807, 2.05) is 0 Å². The van der Waals surface area contributed by atoms with E-state index in [0.717, 1.165) is 0 Å². The molecule has 0 aliphatic carbocycles. The Bertz CT molecular complexity index is 407. The zero-order chi connectivity index (χ0) is 11.5. The second kappa shape index (κ2) is 4.25. The van der Waals surface area contributed by atoms with E-state index in [-0.39, 0.29) is 18.1 Å². The van der Waals surface area contributed by atoms with Gasteiger partial charge < -0.3 is 0 Å². The number of non-ortho nitro benzene ring substituents is 1. The van der Waals surface area contributed by atoms with E-state index in [2.05, 4.69) is 10.8 Å². The first kappa shape index (κ1) is 10.5. The molecule has 0 spiro atoms. The van der Waals surface area contributed by atoms with Crippen LogP contribution in [0.2, 0.25) is 0 Å². The van der Waals surface area contributed by atoms with E-state index in [4.69, 9.17) is 4.84 Å². The first-order chi connectivity index (χ1) is 7.66. The molecule has 2 N–H and O–H groups in total. The molecule has 1 aromatic carbocycles. The number of nitro groups is 1. The molecule has 1 heterocycles. The van der Waals surface area contributed by atoms with Crippen LogP contribution < -0.4 is 10.8 Å². The quantitative estimate of drug-likeness (QED) is 0.553. The van der Waals surface area contributed by atoms with Gasteiger partial charge in [0.1, 0.15) is 0 Å². The van der Waals surface area contributed by atoms with Crippen LogP contribution in [0.5, 0.6) is 0 Å². The van der Waals surface area contributed by atoms with Crippen LogP contribution in [-0.4, -0.2) is 17.4 Å². The number of carbonyl (C=O) groups is 1. The Hall–Kier alpha value is -1.99. The van der Waals surface area contributed by atoms with Gasteiger partial charge in [0.2, 0.25) is 0 Å². The summed E-state index contributed by atoms with van der Waals surface area (Å²) in [4.78, 5) is 25.8. The van der Waals surface area contributed by atoms with Crippen LogP contribution in [0, 0.1) is 10.1 Å². The predicted octanol–water partition coefficient (Wildman–Crippen LogP) is 0.244. The molecule has 1 aliphatic heterocycles. The fraction of sp³-hybridized carbons (Fsp3) is 0.222. The molecular weight excluding hydrogens is 214 g/mol. The number of benzene rings is 1. The molecule has 1 aromatic rings. The Labute approximate surface area is 90.5 Å². The molecule has 0 radical (unpaired) electrons. The van der Waals surface area contributed by atoms with Gasteiger partial charge in [0, 0.05) is 12.1 Å². The molecule has 0 aromatic heterocycles. The molecule has 84 valence electrons. The first-order valence-corrected chi connectivity index (χ1v) is 4.59. The summed E-state index contributed by atoms with van der Waals surface area (Å²) in [5.41, 5.74) is 2.96. The van der Waals surface area contributed by atoms with E-state index >= 15 is 0 Å². The van der Waals surface area contributed by atoms with Crippen molar-refractivity contribution in [3.05, 3.63) is 39.9 Å². The molecule has 1 amide bonds. The molecule has 0 saturated carbocycles. The van der Waals surface area contributed by atoms with Crippen molar-refractivity contribution in [2.75, 3.05) is 6.54 Å². The molecule has 1 fully saturated rings. The van der Waals surface area contributed by atoms with Gasteiger partial charge in [-0.3, -0.25) is 20.2 Å².